The molecule has 0 radical (unpaired) electrons. The quantitative estimate of drug-likeness (QED) is 0.745. The van der Waals surface area contributed by atoms with E-state index in [0.29, 0.717) is 0 Å². The number of hydrogen-bond donors (Lipinski definition) is 1. The van der Waals surface area contributed by atoms with Crippen LogP contribution in [-0.2, 0) is 33.3 Å². The summed E-state index contributed by atoms with van der Waals surface area (Å²) in [6.45, 7) is 8.05. The molecule has 0 spiro atoms. The van der Waals surface area contributed by atoms with Crippen LogP contribution in [0.2, 0.25) is 0 Å². The van der Waals surface area contributed by atoms with Gasteiger partial charge in [-0.05, 0) is 34.6 Å². The van der Waals surface area contributed by atoms with Gasteiger partial charge >= 0.3 is 20.8 Å². The Morgan fingerprint density at radius 2 is 1.33 bits per heavy atom. The lowest BCUT2D eigenvalue weighted by Crippen LogP contribution is -2.25. The second kappa shape index (κ2) is 8.02. The van der Waals surface area contributed by atoms with Crippen molar-refractivity contribution in [3.63, 3.8) is 0 Å². The highest BCUT2D eigenvalue weighted by atomic mass is 32.3. The van der Waals surface area contributed by atoms with Crippen molar-refractivity contribution < 1.29 is 33.9 Å². The zero-order valence-electron chi connectivity index (χ0n) is 11.0. The fraction of sp³-hybridized carbons (Fsp3) is 1.00. The van der Waals surface area contributed by atoms with Gasteiger partial charge in [-0.1, -0.05) is 0 Å². The maximum absolute atomic E-state index is 10.8. The average Bonchev–Trinajstić information content (AvgIpc) is 1.96. The molecule has 0 fully saturated rings. The largest absolute Gasteiger partial charge is 0.400 e. The van der Waals surface area contributed by atoms with Gasteiger partial charge in [-0.25, -0.2) is 12.5 Å². The lowest BCUT2D eigenvalue weighted by molar-refractivity contribution is 0.105. The number of rotatable bonds is 5. The van der Waals surface area contributed by atoms with E-state index < -0.39 is 26.4 Å². The molecule has 1 N–H and O–H groups in total. The summed E-state index contributed by atoms with van der Waals surface area (Å²) in [6, 6.07) is 0. The lowest BCUT2D eigenvalue weighted by Gasteiger charge is -2.17. The Hall–Kier alpha value is -0.260. The second-order valence-corrected chi connectivity index (χ2v) is 6.15. The molecule has 0 saturated heterocycles. The first-order chi connectivity index (χ1) is 7.83. The molecule has 0 aromatic rings. The normalized spacial score (nSPS) is 12.8. The molecule has 0 saturated carbocycles. The molecule has 0 bridgehead atoms. The van der Waals surface area contributed by atoms with E-state index >= 15 is 0 Å². The summed E-state index contributed by atoms with van der Waals surface area (Å²) in [5.74, 6) is 0. The van der Waals surface area contributed by atoms with E-state index in [1.54, 1.807) is 27.7 Å². The van der Waals surface area contributed by atoms with Crippen molar-refractivity contribution in [2.24, 2.45) is 0 Å². The molecule has 0 aliphatic carbocycles. The molecule has 0 aliphatic rings. The highest BCUT2D eigenvalue weighted by Crippen LogP contribution is 2.12. The summed E-state index contributed by atoms with van der Waals surface area (Å²) >= 11 is 0. The van der Waals surface area contributed by atoms with Crippen molar-refractivity contribution in [3.8, 4) is 0 Å². The van der Waals surface area contributed by atoms with E-state index in [2.05, 4.69) is 12.5 Å². The maximum Gasteiger partial charge on any atom is 0.400 e. The molecule has 0 rings (SSSR count). The van der Waals surface area contributed by atoms with Gasteiger partial charge in [0.1, 0.15) is 0 Å². The van der Waals surface area contributed by atoms with Crippen molar-refractivity contribution in [2.75, 3.05) is 13.2 Å². The van der Waals surface area contributed by atoms with Gasteiger partial charge in [-0.2, -0.15) is 16.8 Å². The van der Waals surface area contributed by atoms with Gasteiger partial charge in [-0.3, -0.25) is 4.55 Å². The van der Waals surface area contributed by atoms with Gasteiger partial charge in [0.2, 0.25) is 0 Å². The van der Waals surface area contributed by atoms with E-state index in [4.69, 9.17) is 4.55 Å². The smallest absolute Gasteiger partial charge is 0.264 e. The van der Waals surface area contributed by atoms with Crippen molar-refractivity contribution in [2.45, 2.75) is 40.2 Å². The summed E-state index contributed by atoms with van der Waals surface area (Å²) in [7, 11) is -7.96. The minimum atomic E-state index is -4.17. The van der Waals surface area contributed by atoms with Crippen LogP contribution in [0.3, 0.4) is 0 Å². The minimum absolute atomic E-state index is 0.0289. The zero-order valence-corrected chi connectivity index (χ0v) is 12.7. The third kappa shape index (κ3) is 18.1. The predicted molar refractivity (Wildman–Crippen MR) is 64.6 cm³/mol. The fourth-order valence-electron chi connectivity index (χ4n) is 0.624. The first kappa shape index (κ1) is 20.1. The maximum atomic E-state index is 10.8. The molecular formula is C8H20O8S2. The van der Waals surface area contributed by atoms with Crippen molar-refractivity contribution >= 4 is 20.8 Å². The third-order valence-electron chi connectivity index (χ3n) is 0.881. The summed E-state index contributed by atoms with van der Waals surface area (Å²) < 4.78 is 61.2. The Balaban J connectivity index is 0. The Kier molecular flexibility index (Phi) is 8.94. The van der Waals surface area contributed by atoms with Crippen LogP contribution in [0.1, 0.15) is 34.6 Å². The molecule has 0 atom stereocenters. The van der Waals surface area contributed by atoms with Crippen molar-refractivity contribution in [1.82, 2.24) is 0 Å². The van der Waals surface area contributed by atoms with Crippen LogP contribution in [0, 0.1) is 0 Å². The standard InChI is InChI=1S/C6H14O4S.C2H6O4S/c1-5-9-11(7,8)10-6(2,3)4;1-2-6-7(3,4)5/h5H2,1-4H3;2H2,1H3,(H,3,4,5). The van der Waals surface area contributed by atoms with Crippen LogP contribution < -0.4 is 0 Å². The van der Waals surface area contributed by atoms with Gasteiger partial charge in [0.25, 0.3) is 0 Å². The van der Waals surface area contributed by atoms with E-state index in [-0.39, 0.29) is 13.2 Å². The predicted octanol–water partition coefficient (Wildman–Crippen LogP) is 0.909. The zero-order chi connectivity index (χ0) is 15.0. The van der Waals surface area contributed by atoms with Crippen LogP contribution in [0.4, 0.5) is 0 Å². The summed E-state index contributed by atoms with van der Waals surface area (Å²) in [6.07, 6.45) is 0. The van der Waals surface area contributed by atoms with Crippen LogP contribution in [-0.4, -0.2) is 40.2 Å². The van der Waals surface area contributed by atoms with Gasteiger partial charge in [0.05, 0.1) is 18.8 Å². The summed E-state index contributed by atoms with van der Waals surface area (Å²) in [5, 5.41) is 0. The van der Waals surface area contributed by atoms with Gasteiger partial charge in [-0.15, -0.1) is 0 Å². The summed E-state index contributed by atoms with van der Waals surface area (Å²) in [5.41, 5.74) is -0.728. The van der Waals surface area contributed by atoms with Crippen LogP contribution in [0.25, 0.3) is 0 Å². The SMILES string of the molecule is CCOS(=O)(=O)O.CCOS(=O)(=O)OC(C)(C)C. The van der Waals surface area contributed by atoms with Crippen LogP contribution >= 0.6 is 0 Å². The molecule has 8 nitrogen and oxygen atoms in total. The summed E-state index contributed by atoms with van der Waals surface area (Å²) in [4.78, 5) is 0. The first-order valence-electron chi connectivity index (χ1n) is 5.04. The lowest BCUT2D eigenvalue weighted by atomic mass is 10.2. The Morgan fingerprint density at radius 3 is 1.50 bits per heavy atom. The number of hydrogen-bond acceptors (Lipinski definition) is 7. The van der Waals surface area contributed by atoms with E-state index in [0.717, 1.165) is 0 Å². The molecule has 0 aliphatic heterocycles. The van der Waals surface area contributed by atoms with Crippen LogP contribution in [0.15, 0.2) is 0 Å². The van der Waals surface area contributed by atoms with E-state index in [1.807, 2.05) is 0 Å². The van der Waals surface area contributed by atoms with E-state index in [9.17, 15) is 16.8 Å². The van der Waals surface area contributed by atoms with Gasteiger partial charge in [0.15, 0.2) is 0 Å². The highest BCUT2D eigenvalue weighted by molar-refractivity contribution is 7.81. The first-order valence-corrected chi connectivity index (χ1v) is 7.74. The Labute approximate surface area is 109 Å². The molecular weight excluding hydrogens is 288 g/mol. The molecule has 18 heavy (non-hydrogen) atoms. The van der Waals surface area contributed by atoms with Gasteiger partial charge in [0, 0.05) is 0 Å². The highest BCUT2D eigenvalue weighted by Gasteiger charge is 2.21. The monoisotopic (exact) mass is 308 g/mol. The molecule has 0 aromatic heterocycles. The minimum Gasteiger partial charge on any atom is -0.264 e. The molecule has 0 heterocycles. The third-order valence-corrected chi connectivity index (χ3v) is 2.64. The topological polar surface area (TPSA) is 116 Å². The fourth-order valence-corrected chi connectivity index (χ4v) is 1.87. The van der Waals surface area contributed by atoms with Crippen LogP contribution in [0.5, 0.6) is 0 Å². The average molecular weight is 308 g/mol. The molecule has 112 valence electrons. The molecule has 0 aromatic carbocycles. The van der Waals surface area contributed by atoms with E-state index in [1.165, 1.54) is 6.92 Å². The molecule has 10 heteroatoms. The van der Waals surface area contributed by atoms with Crippen molar-refractivity contribution in [1.29, 1.82) is 0 Å². The Morgan fingerprint density at radius 1 is 0.944 bits per heavy atom. The Bertz CT molecular complexity index is 403. The van der Waals surface area contributed by atoms with Gasteiger partial charge < -0.3 is 0 Å². The molecule has 0 unspecified atom stereocenters. The second-order valence-electron chi connectivity index (χ2n) is 3.84. The van der Waals surface area contributed by atoms with Crippen molar-refractivity contribution in [3.05, 3.63) is 0 Å². The molecule has 0 amide bonds.